The van der Waals surface area contributed by atoms with Gasteiger partial charge in [-0.2, -0.15) is 0 Å². The minimum atomic E-state index is -1.44. The number of hydrogen-bond acceptors (Lipinski definition) is 7. The summed E-state index contributed by atoms with van der Waals surface area (Å²) in [6, 6.07) is 0. The van der Waals surface area contributed by atoms with Crippen molar-refractivity contribution >= 4 is 5.97 Å². The van der Waals surface area contributed by atoms with Gasteiger partial charge in [0.15, 0.2) is 12.1 Å². The third-order valence-corrected chi connectivity index (χ3v) is 3.59. The van der Waals surface area contributed by atoms with E-state index in [-0.39, 0.29) is 12.7 Å². The minimum Gasteiger partial charge on any atom is -0.480 e. The average Bonchev–Trinajstić information content (AvgIpc) is 2.32. The van der Waals surface area contributed by atoms with Crippen molar-refractivity contribution in [1.29, 1.82) is 0 Å². The Morgan fingerprint density at radius 2 is 2.10 bits per heavy atom. The second-order valence-electron chi connectivity index (χ2n) is 5.79. The van der Waals surface area contributed by atoms with Gasteiger partial charge in [0, 0.05) is 0 Å². The molecule has 4 unspecified atom stereocenters. The normalized spacial score (nSPS) is 42.5. The van der Waals surface area contributed by atoms with E-state index in [2.05, 4.69) is 0 Å². The average molecular weight is 306 g/mol. The monoisotopic (exact) mass is 306 g/mol. The van der Waals surface area contributed by atoms with Crippen molar-refractivity contribution in [2.45, 2.75) is 57.3 Å². The van der Waals surface area contributed by atoms with Gasteiger partial charge in [-0.25, -0.2) is 4.79 Å². The number of aliphatic carboxylic acids is 1. The Balaban J connectivity index is 2.02. The van der Waals surface area contributed by atoms with Crippen LogP contribution < -0.4 is 0 Å². The molecule has 0 aromatic rings. The predicted octanol–water partition coefficient (Wildman–Crippen LogP) is -0.678. The first-order chi connectivity index (χ1) is 9.72. The summed E-state index contributed by atoms with van der Waals surface area (Å²) >= 11 is 0. The maximum atomic E-state index is 10.5. The second kappa shape index (κ2) is 6.15. The first kappa shape index (κ1) is 16.6. The summed E-state index contributed by atoms with van der Waals surface area (Å²) in [7, 11) is 0. The molecule has 3 N–H and O–H groups in total. The fraction of sp³-hybridized carbons (Fsp3) is 0.923. The van der Waals surface area contributed by atoms with Crippen molar-refractivity contribution in [2.75, 3.05) is 13.2 Å². The lowest BCUT2D eigenvalue weighted by molar-refractivity contribution is -0.441. The maximum absolute atomic E-state index is 10.5. The number of carbonyl (C=O) groups is 1. The van der Waals surface area contributed by atoms with Gasteiger partial charge in [0.1, 0.15) is 18.8 Å². The predicted molar refractivity (Wildman–Crippen MR) is 68.3 cm³/mol. The highest BCUT2D eigenvalue weighted by molar-refractivity contribution is 5.67. The molecule has 2 heterocycles. The highest BCUT2D eigenvalue weighted by atomic mass is 16.7. The highest BCUT2D eigenvalue weighted by Crippen LogP contribution is 2.46. The third-order valence-electron chi connectivity index (χ3n) is 3.59. The molecular weight excluding hydrogens is 284 g/mol. The molecule has 2 saturated heterocycles. The van der Waals surface area contributed by atoms with E-state index < -0.39 is 48.9 Å². The molecule has 2 rings (SSSR count). The van der Waals surface area contributed by atoms with Gasteiger partial charge in [0.2, 0.25) is 0 Å². The zero-order chi connectivity index (χ0) is 15.8. The van der Waals surface area contributed by atoms with Crippen molar-refractivity contribution < 1.29 is 39.1 Å². The lowest BCUT2D eigenvalue weighted by Crippen LogP contribution is -2.73. The SMILES string of the molecule is CC(C)O[C@@H]1OC(COCC(=O)O)[C@@H]2C(OC2(C)O)C1O. The van der Waals surface area contributed by atoms with Crippen LogP contribution in [0.3, 0.4) is 0 Å². The Morgan fingerprint density at radius 3 is 2.62 bits per heavy atom. The van der Waals surface area contributed by atoms with E-state index in [0.29, 0.717) is 0 Å². The molecule has 0 amide bonds. The molecular formula is C13H22O8. The number of rotatable bonds is 6. The van der Waals surface area contributed by atoms with Crippen LogP contribution in [0.4, 0.5) is 0 Å². The Kier molecular flexibility index (Phi) is 4.86. The van der Waals surface area contributed by atoms with Gasteiger partial charge in [-0.05, 0) is 20.8 Å². The zero-order valence-corrected chi connectivity index (χ0v) is 12.3. The molecule has 2 aliphatic rings. The van der Waals surface area contributed by atoms with Gasteiger partial charge < -0.3 is 34.3 Å². The number of hydrogen-bond donors (Lipinski definition) is 3. The van der Waals surface area contributed by atoms with Crippen LogP contribution in [0.5, 0.6) is 0 Å². The molecule has 0 bridgehead atoms. The Bertz CT molecular complexity index is 378. The number of aliphatic hydroxyl groups is 2. The summed E-state index contributed by atoms with van der Waals surface area (Å²) in [5.74, 6) is -3.03. The second-order valence-corrected chi connectivity index (χ2v) is 5.79. The van der Waals surface area contributed by atoms with E-state index >= 15 is 0 Å². The quantitative estimate of drug-likeness (QED) is 0.591. The molecule has 0 aromatic heterocycles. The van der Waals surface area contributed by atoms with E-state index in [1.54, 1.807) is 13.8 Å². The van der Waals surface area contributed by atoms with E-state index in [4.69, 9.17) is 24.1 Å². The summed E-state index contributed by atoms with van der Waals surface area (Å²) < 4.78 is 21.4. The van der Waals surface area contributed by atoms with Gasteiger partial charge in [-0.15, -0.1) is 0 Å². The summed E-state index contributed by atoms with van der Waals surface area (Å²) in [6.45, 7) is 4.58. The molecule has 2 aliphatic heterocycles. The fourth-order valence-corrected chi connectivity index (χ4v) is 2.78. The molecule has 6 atom stereocenters. The smallest absolute Gasteiger partial charge is 0.329 e. The molecule has 0 aromatic carbocycles. The molecule has 122 valence electrons. The summed E-state index contributed by atoms with van der Waals surface area (Å²) in [6.07, 6.45) is -3.34. The molecule has 8 heteroatoms. The van der Waals surface area contributed by atoms with Gasteiger partial charge in [-0.1, -0.05) is 0 Å². The van der Waals surface area contributed by atoms with Crippen LogP contribution in [-0.4, -0.2) is 71.0 Å². The Hall–Kier alpha value is -0.770. The minimum absolute atomic E-state index is 0.0301. The number of ether oxygens (including phenoxy) is 4. The topological polar surface area (TPSA) is 115 Å². The first-order valence-electron chi connectivity index (χ1n) is 6.91. The molecule has 2 fully saturated rings. The van der Waals surface area contributed by atoms with Crippen LogP contribution in [0.15, 0.2) is 0 Å². The van der Waals surface area contributed by atoms with Crippen LogP contribution in [0, 0.1) is 5.92 Å². The third kappa shape index (κ3) is 3.53. The first-order valence-corrected chi connectivity index (χ1v) is 6.91. The standard InChI is InChI=1S/C13H22O8/c1-6(2)19-12-10(16)11-9(13(3,17)21-11)7(20-12)4-18-5-8(14)15/h6-7,9-12,16-17H,4-5H2,1-3H3,(H,14,15)/t7?,9-,10?,11?,12-,13?/m1/s1. The van der Waals surface area contributed by atoms with Gasteiger partial charge in [0.05, 0.1) is 24.7 Å². The number of carboxylic acids is 1. The zero-order valence-electron chi connectivity index (χ0n) is 12.3. The van der Waals surface area contributed by atoms with Crippen LogP contribution in [0.2, 0.25) is 0 Å². The molecule has 0 saturated carbocycles. The van der Waals surface area contributed by atoms with Crippen LogP contribution >= 0.6 is 0 Å². The lowest BCUT2D eigenvalue weighted by atomic mass is 9.77. The van der Waals surface area contributed by atoms with Gasteiger partial charge >= 0.3 is 5.97 Å². The van der Waals surface area contributed by atoms with Crippen molar-refractivity contribution in [3.8, 4) is 0 Å². The largest absolute Gasteiger partial charge is 0.480 e. The maximum Gasteiger partial charge on any atom is 0.329 e. The summed E-state index contributed by atoms with van der Waals surface area (Å²) in [5, 5.41) is 28.8. The fourth-order valence-electron chi connectivity index (χ4n) is 2.78. The van der Waals surface area contributed by atoms with Crippen molar-refractivity contribution in [2.24, 2.45) is 5.92 Å². The van der Waals surface area contributed by atoms with E-state index in [9.17, 15) is 15.0 Å². The highest BCUT2D eigenvalue weighted by Gasteiger charge is 2.63. The Morgan fingerprint density at radius 1 is 1.43 bits per heavy atom. The molecule has 0 aliphatic carbocycles. The van der Waals surface area contributed by atoms with E-state index in [1.165, 1.54) is 6.92 Å². The molecule has 8 nitrogen and oxygen atoms in total. The molecule has 21 heavy (non-hydrogen) atoms. The van der Waals surface area contributed by atoms with Crippen LogP contribution in [0.1, 0.15) is 20.8 Å². The van der Waals surface area contributed by atoms with E-state index in [0.717, 1.165) is 0 Å². The van der Waals surface area contributed by atoms with Crippen LogP contribution in [-0.2, 0) is 23.7 Å². The van der Waals surface area contributed by atoms with Crippen molar-refractivity contribution in [1.82, 2.24) is 0 Å². The van der Waals surface area contributed by atoms with E-state index in [1.807, 2.05) is 0 Å². The van der Waals surface area contributed by atoms with Gasteiger partial charge in [-0.3, -0.25) is 0 Å². The van der Waals surface area contributed by atoms with Crippen LogP contribution in [0.25, 0.3) is 0 Å². The van der Waals surface area contributed by atoms with Crippen molar-refractivity contribution in [3.63, 3.8) is 0 Å². The number of aliphatic hydroxyl groups excluding tert-OH is 1. The summed E-state index contributed by atoms with van der Waals surface area (Å²) in [5.41, 5.74) is 0. The van der Waals surface area contributed by atoms with Crippen molar-refractivity contribution in [3.05, 3.63) is 0 Å². The molecule has 0 spiro atoms. The summed E-state index contributed by atoms with van der Waals surface area (Å²) in [4.78, 5) is 10.5. The Labute approximate surface area is 122 Å². The number of fused-ring (bicyclic) bond motifs is 1. The number of carboxylic acid groups (broad SMARTS) is 1. The molecule has 0 radical (unpaired) electrons. The van der Waals surface area contributed by atoms with Gasteiger partial charge in [0.25, 0.3) is 0 Å². The lowest BCUT2D eigenvalue weighted by Gasteiger charge is -2.58.